The summed E-state index contributed by atoms with van der Waals surface area (Å²) in [5.41, 5.74) is 1.54. The lowest BCUT2D eigenvalue weighted by Gasteiger charge is -2.02. The molecule has 1 aromatic carbocycles. The molecule has 0 aliphatic rings. The average Bonchev–Trinajstić information content (AvgIpc) is 1.97. The summed E-state index contributed by atoms with van der Waals surface area (Å²) in [6.07, 6.45) is 1.57. The monoisotopic (exact) mass is 168 g/mol. The molecule has 1 rings (SSSR count). The van der Waals surface area contributed by atoms with Gasteiger partial charge in [-0.1, -0.05) is 24.3 Å². The summed E-state index contributed by atoms with van der Waals surface area (Å²) in [6, 6.07) is 3.32. The first-order valence-corrected chi connectivity index (χ1v) is 3.64. The minimum absolute atomic E-state index is 0.224. The van der Waals surface area contributed by atoms with E-state index in [4.69, 9.17) is 11.6 Å². The molecule has 1 nitrogen and oxygen atoms in total. The van der Waals surface area contributed by atoms with E-state index < -0.39 is 0 Å². The molecule has 0 saturated heterocycles. The van der Waals surface area contributed by atoms with Crippen molar-refractivity contribution in [1.29, 1.82) is 0 Å². The van der Waals surface area contributed by atoms with Crippen molar-refractivity contribution >= 4 is 17.7 Å². The highest BCUT2D eigenvalue weighted by Gasteiger charge is 2.00. The highest BCUT2D eigenvalue weighted by molar-refractivity contribution is 6.31. The van der Waals surface area contributed by atoms with Crippen LogP contribution in [0.1, 0.15) is 11.1 Å². The van der Waals surface area contributed by atoms with E-state index in [9.17, 15) is 5.11 Å². The Hall–Kier alpha value is -0.950. The minimum atomic E-state index is 0.224. The molecule has 0 unspecified atom stereocenters. The van der Waals surface area contributed by atoms with E-state index in [2.05, 4.69) is 6.58 Å². The summed E-state index contributed by atoms with van der Waals surface area (Å²) >= 11 is 5.81. The van der Waals surface area contributed by atoms with Crippen LogP contribution in [-0.2, 0) is 0 Å². The molecular formula is C9H9ClO. The van der Waals surface area contributed by atoms with Crippen molar-refractivity contribution in [2.24, 2.45) is 0 Å². The molecule has 0 atom stereocenters. The minimum Gasteiger partial charge on any atom is -0.507 e. The number of aromatic hydroxyl groups is 1. The maximum Gasteiger partial charge on any atom is 0.123 e. The van der Waals surface area contributed by atoms with E-state index in [1.54, 1.807) is 18.2 Å². The van der Waals surface area contributed by atoms with Crippen LogP contribution in [0.4, 0.5) is 0 Å². The van der Waals surface area contributed by atoms with Gasteiger partial charge in [-0.2, -0.15) is 0 Å². The van der Waals surface area contributed by atoms with Gasteiger partial charge in [0.05, 0.1) is 0 Å². The number of aryl methyl sites for hydroxylation is 1. The molecule has 58 valence electrons. The fourth-order valence-electron chi connectivity index (χ4n) is 0.845. The lowest BCUT2D eigenvalue weighted by Crippen LogP contribution is -1.78. The summed E-state index contributed by atoms with van der Waals surface area (Å²) in [5.74, 6) is 0.224. The van der Waals surface area contributed by atoms with Gasteiger partial charge < -0.3 is 5.11 Å². The van der Waals surface area contributed by atoms with Crippen LogP contribution in [0.2, 0.25) is 5.02 Å². The highest BCUT2D eigenvalue weighted by atomic mass is 35.5. The van der Waals surface area contributed by atoms with Crippen molar-refractivity contribution in [3.05, 3.63) is 34.9 Å². The SMILES string of the molecule is C=Cc1cc(Cl)c(C)cc1O. The Morgan fingerprint density at radius 3 is 2.73 bits per heavy atom. The van der Waals surface area contributed by atoms with Crippen molar-refractivity contribution in [3.8, 4) is 5.75 Å². The highest BCUT2D eigenvalue weighted by Crippen LogP contribution is 2.25. The molecule has 0 heterocycles. The first-order valence-electron chi connectivity index (χ1n) is 3.26. The second-order valence-electron chi connectivity index (χ2n) is 2.36. The number of phenols is 1. The van der Waals surface area contributed by atoms with Crippen LogP contribution in [0.25, 0.3) is 6.08 Å². The predicted molar refractivity (Wildman–Crippen MR) is 47.9 cm³/mol. The number of rotatable bonds is 1. The number of hydrogen-bond donors (Lipinski definition) is 1. The van der Waals surface area contributed by atoms with Gasteiger partial charge in [0.15, 0.2) is 0 Å². The van der Waals surface area contributed by atoms with Crippen LogP contribution >= 0.6 is 11.6 Å². The molecule has 0 saturated carbocycles. The van der Waals surface area contributed by atoms with Gasteiger partial charge in [0, 0.05) is 10.6 Å². The molecule has 0 aromatic heterocycles. The lowest BCUT2D eigenvalue weighted by molar-refractivity contribution is 0.473. The zero-order valence-corrected chi connectivity index (χ0v) is 7.02. The van der Waals surface area contributed by atoms with Gasteiger partial charge >= 0.3 is 0 Å². The first kappa shape index (κ1) is 8.15. The third-order valence-corrected chi connectivity index (χ3v) is 1.94. The Morgan fingerprint density at radius 2 is 2.18 bits per heavy atom. The molecule has 0 bridgehead atoms. The Bertz CT molecular complexity index is 292. The first-order chi connectivity index (χ1) is 5.15. The third kappa shape index (κ3) is 1.55. The number of hydrogen-bond acceptors (Lipinski definition) is 1. The van der Waals surface area contributed by atoms with E-state index in [0.717, 1.165) is 5.56 Å². The maximum atomic E-state index is 9.29. The molecule has 0 aliphatic heterocycles. The molecular weight excluding hydrogens is 160 g/mol. The summed E-state index contributed by atoms with van der Waals surface area (Å²) < 4.78 is 0. The molecule has 2 heteroatoms. The Morgan fingerprint density at radius 1 is 1.55 bits per heavy atom. The maximum absolute atomic E-state index is 9.29. The van der Waals surface area contributed by atoms with Crippen molar-refractivity contribution in [1.82, 2.24) is 0 Å². The standard InChI is InChI=1S/C9H9ClO/c1-3-7-5-8(10)6(2)4-9(7)11/h3-5,11H,1H2,2H3. The lowest BCUT2D eigenvalue weighted by atomic mass is 10.1. The topological polar surface area (TPSA) is 20.2 Å². The van der Waals surface area contributed by atoms with Crippen molar-refractivity contribution in [3.63, 3.8) is 0 Å². The summed E-state index contributed by atoms with van der Waals surface area (Å²) in [6.45, 7) is 5.39. The van der Waals surface area contributed by atoms with E-state index in [1.807, 2.05) is 6.92 Å². The molecule has 0 aliphatic carbocycles. The van der Waals surface area contributed by atoms with Gasteiger partial charge in [0.2, 0.25) is 0 Å². The van der Waals surface area contributed by atoms with Crippen LogP contribution < -0.4 is 0 Å². The van der Waals surface area contributed by atoms with Crippen molar-refractivity contribution in [2.75, 3.05) is 0 Å². The number of phenolic OH excluding ortho intramolecular Hbond substituents is 1. The van der Waals surface area contributed by atoms with Crippen LogP contribution in [0.15, 0.2) is 18.7 Å². The van der Waals surface area contributed by atoms with Crippen molar-refractivity contribution < 1.29 is 5.11 Å². The van der Waals surface area contributed by atoms with E-state index in [1.165, 1.54) is 0 Å². The van der Waals surface area contributed by atoms with Gasteiger partial charge in [0.1, 0.15) is 5.75 Å². The van der Waals surface area contributed by atoms with Crippen LogP contribution in [0, 0.1) is 6.92 Å². The fourth-order valence-corrected chi connectivity index (χ4v) is 1.02. The van der Waals surface area contributed by atoms with Gasteiger partial charge in [0.25, 0.3) is 0 Å². The van der Waals surface area contributed by atoms with Crippen molar-refractivity contribution in [2.45, 2.75) is 6.92 Å². The summed E-state index contributed by atoms with van der Waals surface area (Å²) in [4.78, 5) is 0. The molecule has 0 spiro atoms. The molecule has 1 aromatic rings. The second kappa shape index (κ2) is 2.97. The summed E-state index contributed by atoms with van der Waals surface area (Å²) in [5, 5.41) is 9.94. The molecule has 1 N–H and O–H groups in total. The normalized spacial score (nSPS) is 9.64. The molecule has 0 radical (unpaired) electrons. The molecule has 11 heavy (non-hydrogen) atoms. The summed E-state index contributed by atoms with van der Waals surface area (Å²) in [7, 11) is 0. The van der Waals surface area contributed by atoms with Crippen LogP contribution in [-0.4, -0.2) is 5.11 Å². The fraction of sp³-hybridized carbons (Fsp3) is 0.111. The molecule has 0 fully saturated rings. The smallest absolute Gasteiger partial charge is 0.123 e. The van der Waals surface area contributed by atoms with E-state index >= 15 is 0 Å². The Labute approximate surface area is 70.9 Å². The number of halogens is 1. The van der Waals surface area contributed by atoms with Gasteiger partial charge in [-0.05, 0) is 24.6 Å². The molecule has 0 amide bonds. The Balaban J connectivity index is 3.31. The van der Waals surface area contributed by atoms with Gasteiger partial charge in [-0.3, -0.25) is 0 Å². The second-order valence-corrected chi connectivity index (χ2v) is 2.77. The Kier molecular flexibility index (Phi) is 2.20. The van der Waals surface area contributed by atoms with E-state index in [0.29, 0.717) is 10.6 Å². The van der Waals surface area contributed by atoms with Gasteiger partial charge in [-0.15, -0.1) is 0 Å². The largest absolute Gasteiger partial charge is 0.507 e. The zero-order valence-electron chi connectivity index (χ0n) is 6.26. The average molecular weight is 169 g/mol. The van der Waals surface area contributed by atoms with E-state index in [-0.39, 0.29) is 5.75 Å². The predicted octanol–water partition coefficient (Wildman–Crippen LogP) is 3.00. The van der Waals surface area contributed by atoms with Crippen LogP contribution in [0.5, 0.6) is 5.75 Å². The zero-order chi connectivity index (χ0) is 8.43. The third-order valence-electron chi connectivity index (χ3n) is 1.53. The number of benzene rings is 1. The van der Waals surface area contributed by atoms with Crippen LogP contribution in [0.3, 0.4) is 0 Å². The quantitative estimate of drug-likeness (QED) is 0.684. The van der Waals surface area contributed by atoms with Gasteiger partial charge in [-0.25, -0.2) is 0 Å².